The third kappa shape index (κ3) is 2.59. The van der Waals surface area contributed by atoms with Crippen molar-refractivity contribution in [1.82, 2.24) is 0 Å². The van der Waals surface area contributed by atoms with Crippen LogP contribution >= 0.6 is 0 Å². The van der Waals surface area contributed by atoms with Crippen molar-refractivity contribution >= 4 is 5.78 Å². The molecule has 20 heavy (non-hydrogen) atoms. The van der Waals surface area contributed by atoms with E-state index in [1.165, 1.54) is 21.3 Å². The summed E-state index contributed by atoms with van der Waals surface area (Å²) in [4.78, 5) is 12.5. The molecule has 0 fully saturated rings. The molecule has 0 aliphatic carbocycles. The van der Waals surface area contributed by atoms with Crippen molar-refractivity contribution in [3.05, 3.63) is 53.6 Å². The average molecular weight is 272 g/mol. The van der Waals surface area contributed by atoms with E-state index in [2.05, 4.69) is 0 Å². The predicted octanol–water partition coefficient (Wildman–Crippen LogP) is 2.94. The number of carbonyl (C=O) groups is 1. The van der Waals surface area contributed by atoms with Crippen LogP contribution in [0.25, 0.3) is 0 Å². The number of benzene rings is 2. The molecular weight excluding hydrogens is 256 g/mol. The summed E-state index contributed by atoms with van der Waals surface area (Å²) in [5, 5.41) is 0. The molecule has 0 saturated heterocycles. The summed E-state index contributed by atoms with van der Waals surface area (Å²) in [6, 6.07) is 12.3. The standard InChI is InChI=1S/C16H16O4/c1-18-13-10-15(20-3)14(19-2)9-12(13)16(17)11-7-5-4-6-8-11/h4-10H,1-3H3. The van der Waals surface area contributed by atoms with Gasteiger partial charge in [0.1, 0.15) is 5.75 Å². The molecule has 2 aromatic rings. The lowest BCUT2D eigenvalue weighted by atomic mass is 10.0. The Morgan fingerprint density at radius 2 is 1.35 bits per heavy atom. The second-order valence-corrected chi connectivity index (χ2v) is 4.10. The van der Waals surface area contributed by atoms with Crippen LogP contribution in [0.3, 0.4) is 0 Å². The number of ketones is 1. The molecule has 4 nitrogen and oxygen atoms in total. The molecule has 104 valence electrons. The van der Waals surface area contributed by atoms with Crippen molar-refractivity contribution in [2.45, 2.75) is 0 Å². The third-order valence-electron chi connectivity index (χ3n) is 2.99. The van der Waals surface area contributed by atoms with Crippen LogP contribution in [-0.4, -0.2) is 27.1 Å². The van der Waals surface area contributed by atoms with Crippen LogP contribution in [0.4, 0.5) is 0 Å². The number of hydrogen-bond acceptors (Lipinski definition) is 4. The van der Waals surface area contributed by atoms with E-state index in [1.807, 2.05) is 18.2 Å². The largest absolute Gasteiger partial charge is 0.496 e. The summed E-state index contributed by atoms with van der Waals surface area (Å²) in [6.07, 6.45) is 0. The molecule has 0 aromatic heterocycles. The maximum absolute atomic E-state index is 12.5. The summed E-state index contributed by atoms with van der Waals surface area (Å²) in [6.45, 7) is 0. The van der Waals surface area contributed by atoms with Crippen molar-refractivity contribution in [2.75, 3.05) is 21.3 Å². The number of ether oxygens (including phenoxy) is 3. The molecule has 0 bridgehead atoms. The molecule has 0 aliphatic heterocycles. The summed E-state index contributed by atoms with van der Waals surface area (Å²) < 4.78 is 15.7. The van der Waals surface area contributed by atoms with Gasteiger partial charge >= 0.3 is 0 Å². The van der Waals surface area contributed by atoms with Gasteiger partial charge < -0.3 is 14.2 Å². The minimum atomic E-state index is -0.122. The fourth-order valence-electron chi connectivity index (χ4n) is 1.95. The molecule has 0 saturated carbocycles. The van der Waals surface area contributed by atoms with Gasteiger partial charge in [-0.3, -0.25) is 4.79 Å². The maximum Gasteiger partial charge on any atom is 0.196 e. The Kier molecular flexibility index (Phi) is 4.25. The third-order valence-corrected chi connectivity index (χ3v) is 2.99. The van der Waals surface area contributed by atoms with Gasteiger partial charge in [0.2, 0.25) is 0 Å². The van der Waals surface area contributed by atoms with Crippen LogP contribution in [0.2, 0.25) is 0 Å². The van der Waals surface area contributed by atoms with Crippen molar-refractivity contribution in [2.24, 2.45) is 0 Å². The highest BCUT2D eigenvalue weighted by Gasteiger charge is 2.18. The molecule has 0 heterocycles. The Hall–Kier alpha value is -2.49. The summed E-state index contributed by atoms with van der Waals surface area (Å²) in [7, 11) is 4.58. The SMILES string of the molecule is COc1cc(OC)c(C(=O)c2ccccc2)cc1OC. The molecule has 4 heteroatoms. The lowest BCUT2D eigenvalue weighted by Crippen LogP contribution is -2.05. The van der Waals surface area contributed by atoms with Crippen LogP contribution < -0.4 is 14.2 Å². The first-order chi connectivity index (χ1) is 9.71. The fourth-order valence-corrected chi connectivity index (χ4v) is 1.95. The highest BCUT2D eigenvalue weighted by molar-refractivity contribution is 6.11. The average Bonchev–Trinajstić information content (AvgIpc) is 2.53. The van der Waals surface area contributed by atoms with Gasteiger partial charge in [0.15, 0.2) is 17.3 Å². The van der Waals surface area contributed by atoms with Crippen molar-refractivity contribution in [3.8, 4) is 17.2 Å². The molecule has 0 radical (unpaired) electrons. The first-order valence-electron chi connectivity index (χ1n) is 6.11. The van der Waals surface area contributed by atoms with E-state index >= 15 is 0 Å². The van der Waals surface area contributed by atoms with E-state index in [-0.39, 0.29) is 5.78 Å². The molecule has 0 unspecified atom stereocenters. The summed E-state index contributed by atoms with van der Waals surface area (Å²) >= 11 is 0. The first-order valence-corrected chi connectivity index (χ1v) is 6.11. The summed E-state index contributed by atoms with van der Waals surface area (Å²) in [5.41, 5.74) is 1.04. The molecule has 0 amide bonds. The maximum atomic E-state index is 12.5. The van der Waals surface area contributed by atoms with Gasteiger partial charge in [-0.15, -0.1) is 0 Å². The Morgan fingerprint density at radius 1 is 0.800 bits per heavy atom. The Labute approximate surface area is 117 Å². The lowest BCUT2D eigenvalue weighted by Gasteiger charge is -2.13. The molecule has 0 spiro atoms. The zero-order valence-electron chi connectivity index (χ0n) is 11.7. The fraction of sp³-hybridized carbons (Fsp3) is 0.188. The van der Waals surface area contributed by atoms with E-state index in [0.29, 0.717) is 28.4 Å². The second-order valence-electron chi connectivity index (χ2n) is 4.10. The van der Waals surface area contributed by atoms with Crippen molar-refractivity contribution in [3.63, 3.8) is 0 Å². The molecule has 0 atom stereocenters. The highest BCUT2D eigenvalue weighted by Crippen LogP contribution is 2.35. The van der Waals surface area contributed by atoms with E-state index < -0.39 is 0 Å². The molecule has 0 aliphatic rings. The number of carbonyl (C=O) groups excluding carboxylic acids is 1. The van der Waals surface area contributed by atoms with Crippen molar-refractivity contribution in [1.29, 1.82) is 0 Å². The van der Waals surface area contributed by atoms with Gasteiger partial charge in [0.25, 0.3) is 0 Å². The zero-order valence-corrected chi connectivity index (χ0v) is 11.7. The predicted molar refractivity (Wildman–Crippen MR) is 76.0 cm³/mol. The van der Waals surface area contributed by atoms with E-state index in [1.54, 1.807) is 24.3 Å². The zero-order chi connectivity index (χ0) is 14.5. The number of rotatable bonds is 5. The minimum absolute atomic E-state index is 0.122. The molecule has 2 aromatic carbocycles. The highest BCUT2D eigenvalue weighted by atomic mass is 16.5. The molecule has 0 N–H and O–H groups in total. The van der Waals surface area contributed by atoms with Crippen LogP contribution in [0.15, 0.2) is 42.5 Å². The second kappa shape index (κ2) is 6.10. The normalized spacial score (nSPS) is 9.95. The van der Waals surface area contributed by atoms with Crippen LogP contribution in [0, 0.1) is 0 Å². The van der Waals surface area contributed by atoms with Gasteiger partial charge in [-0.05, 0) is 6.07 Å². The smallest absolute Gasteiger partial charge is 0.196 e. The quantitative estimate of drug-likeness (QED) is 0.785. The van der Waals surface area contributed by atoms with Crippen molar-refractivity contribution < 1.29 is 19.0 Å². The number of methoxy groups -OCH3 is 3. The van der Waals surface area contributed by atoms with E-state index in [9.17, 15) is 4.79 Å². The lowest BCUT2D eigenvalue weighted by molar-refractivity contribution is 0.103. The molecular formula is C16H16O4. The van der Waals surface area contributed by atoms with Crippen LogP contribution in [-0.2, 0) is 0 Å². The Morgan fingerprint density at radius 3 is 1.90 bits per heavy atom. The van der Waals surface area contributed by atoms with Crippen LogP contribution in [0.5, 0.6) is 17.2 Å². The van der Waals surface area contributed by atoms with Gasteiger partial charge in [-0.2, -0.15) is 0 Å². The number of hydrogen-bond donors (Lipinski definition) is 0. The van der Waals surface area contributed by atoms with Gasteiger partial charge in [0.05, 0.1) is 26.9 Å². The van der Waals surface area contributed by atoms with Crippen LogP contribution in [0.1, 0.15) is 15.9 Å². The monoisotopic (exact) mass is 272 g/mol. The van der Waals surface area contributed by atoms with Gasteiger partial charge in [-0.25, -0.2) is 0 Å². The topological polar surface area (TPSA) is 44.8 Å². The summed E-state index contributed by atoms with van der Waals surface area (Å²) in [5.74, 6) is 1.35. The first kappa shape index (κ1) is 13.9. The van der Waals surface area contributed by atoms with Gasteiger partial charge in [0, 0.05) is 11.6 Å². The minimum Gasteiger partial charge on any atom is -0.496 e. The molecule has 2 rings (SSSR count). The van der Waals surface area contributed by atoms with E-state index in [0.717, 1.165) is 0 Å². The van der Waals surface area contributed by atoms with E-state index in [4.69, 9.17) is 14.2 Å². The Balaban J connectivity index is 2.53. The van der Waals surface area contributed by atoms with Gasteiger partial charge in [-0.1, -0.05) is 30.3 Å². The Bertz CT molecular complexity index is 605.